The van der Waals surface area contributed by atoms with Crippen LogP contribution in [0.4, 0.5) is 0 Å². The molecule has 0 bridgehead atoms. The zero-order valence-corrected chi connectivity index (χ0v) is 17.4. The molecule has 0 fully saturated rings. The average Bonchev–Trinajstić information content (AvgIpc) is 2.85. The van der Waals surface area contributed by atoms with Crippen molar-refractivity contribution in [3.8, 4) is 44.8 Å². The molecule has 2 heteroatoms. The van der Waals surface area contributed by atoms with Crippen molar-refractivity contribution in [1.82, 2.24) is 9.97 Å². The SMILES string of the molecule is Cc1c(-c2cc(-c3ccccc3)ccn2)cccc1-c1cc(-c2ccccc2)ccn1. The van der Waals surface area contributed by atoms with Gasteiger partial charge in [-0.2, -0.15) is 0 Å². The zero-order chi connectivity index (χ0) is 21.0. The van der Waals surface area contributed by atoms with Crippen molar-refractivity contribution in [1.29, 1.82) is 0 Å². The lowest BCUT2D eigenvalue weighted by molar-refractivity contribution is 1.28. The van der Waals surface area contributed by atoms with Crippen molar-refractivity contribution in [3.05, 3.63) is 121 Å². The quantitative estimate of drug-likeness (QED) is 0.314. The minimum atomic E-state index is 0.972. The van der Waals surface area contributed by atoms with Gasteiger partial charge in [0.05, 0.1) is 11.4 Å². The van der Waals surface area contributed by atoms with E-state index in [-0.39, 0.29) is 0 Å². The van der Waals surface area contributed by atoms with Gasteiger partial charge in [0.2, 0.25) is 0 Å². The van der Waals surface area contributed by atoms with E-state index in [0.29, 0.717) is 0 Å². The molecule has 0 aliphatic rings. The normalized spacial score (nSPS) is 10.7. The van der Waals surface area contributed by atoms with Crippen LogP contribution in [0.2, 0.25) is 0 Å². The lowest BCUT2D eigenvalue weighted by Gasteiger charge is -2.13. The maximum atomic E-state index is 4.68. The van der Waals surface area contributed by atoms with Gasteiger partial charge < -0.3 is 0 Å². The third kappa shape index (κ3) is 3.88. The summed E-state index contributed by atoms with van der Waals surface area (Å²) in [5, 5.41) is 0. The van der Waals surface area contributed by atoms with Crippen LogP contribution in [-0.2, 0) is 0 Å². The van der Waals surface area contributed by atoms with Crippen LogP contribution in [0.15, 0.2) is 116 Å². The van der Waals surface area contributed by atoms with Gasteiger partial charge in [-0.05, 0) is 59.0 Å². The highest BCUT2D eigenvalue weighted by molar-refractivity contribution is 5.79. The predicted octanol–water partition coefficient (Wildman–Crippen LogP) is 7.45. The molecular formula is C29H22N2. The highest BCUT2D eigenvalue weighted by Gasteiger charge is 2.12. The van der Waals surface area contributed by atoms with E-state index in [2.05, 4.69) is 108 Å². The fourth-order valence-electron chi connectivity index (χ4n) is 3.97. The first kappa shape index (κ1) is 19.0. The van der Waals surface area contributed by atoms with Gasteiger partial charge in [-0.25, -0.2) is 0 Å². The largest absolute Gasteiger partial charge is 0.256 e. The van der Waals surface area contributed by atoms with Crippen molar-refractivity contribution in [2.75, 3.05) is 0 Å². The molecule has 148 valence electrons. The third-order valence-electron chi connectivity index (χ3n) is 5.62. The summed E-state index contributed by atoms with van der Waals surface area (Å²) in [6, 6.07) is 35.6. The molecule has 0 saturated heterocycles. The Morgan fingerprint density at radius 3 is 1.35 bits per heavy atom. The fourth-order valence-corrected chi connectivity index (χ4v) is 3.97. The van der Waals surface area contributed by atoms with E-state index in [1.54, 1.807) is 0 Å². The molecular weight excluding hydrogens is 376 g/mol. The van der Waals surface area contributed by atoms with E-state index in [1.165, 1.54) is 27.8 Å². The molecule has 0 radical (unpaired) electrons. The van der Waals surface area contributed by atoms with Crippen LogP contribution in [-0.4, -0.2) is 9.97 Å². The van der Waals surface area contributed by atoms with Gasteiger partial charge in [0, 0.05) is 23.5 Å². The summed E-state index contributed by atoms with van der Waals surface area (Å²) in [5.74, 6) is 0. The Kier molecular flexibility index (Phi) is 5.12. The number of hydrogen-bond acceptors (Lipinski definition) is 2. The Morgan fingerprint density at radius 1 is 0.452 bits per heavy atom. The van der Waals surface area contributed by atoms with Gasteiger partial charge in [-0.3, -0.25) is 9.97 Å². The molecule has 0 saturated carbocycles. The maximum absolute atomic E-state index is 4.68. The highest BCUT2D eigenvalue weighted by Crippen LogP contribution is 2.33. The molecule has 2 nitrogen and oxygen atoms in total. The van der Waals surface area contributed by atoms with Crippen molar-refractivity contribution in [2.45, 2.75) is 6.92 Å². The number of pyridine rings is 2. The van der Waals surface area contributed by atoms with Crippen LogP contribution in [0.25, 0.3) is 44.8 Å². The summed E-state index contributed by atoms with van der Waals surface area (Å²) in [7, 11) is 0. The molecule has 0 N–H and O–H groups in total. The molecule has 0 spiro atoms. The molecule has 0 aliphatic heterocycles. The van der Waals surface area contributed by atoms with E-state index in [4.69, 9.17) is 0 Å². The van der Waals surface area contributed by atoms with E-state index < -0.39 is 0 Å². The molecule has 31 heavy (non-hydrogen) atoms. The number of nitrogens with zero attached hydrogens (tertiary/aromatic N) is 2. The van der Waals surface area contributed by atoms with Gasteiger partial charge in [-0.1, -0.05) is 78.9 Å². The first-order valence-electron chi connectivity index (χ1n) is 10.4. The van der Waals surface area contributed by atoms with Crippen LogP contribution in [0.1, 0.15) is 5.56 Å². The van der Waals surface area contributed by atoms with E-state index in [9.17, 15) is 0 Å². The second kappa shape index (κ2) is 8.37. The lowest BCUT2D eigenvalue weighted by Crippen LogP contribution is -1.93. The maximum Gasteiger partial charge on any atom is 0.0711 e. The van der Waals surface area contributed by atoms with E-state index in [1.807, 2.05) is 24.5 Å². The minimum Gasteiger partial charge on any atom is -0.256 e. The van der Waals surface area contributed by atoms with Gasteiger partial charge in [0.1, 0.15) is 0 Å². The van der Waals surface area contributed by atoms with Crippen molar-refractivity contribution in [3.63, 3.8) is 0 Å². The average molecular weight is 399 g/mol. The molecule has 0 amide bonds. The first-order chi connectivity index (χ1) is 15.3. The van der Waals surface area contributed by atoms with E-state index in [0.717, 1.165) is 22.5 Å². The molecule has 2 aromatic heterocycles. The molecule has 0 atom stereocenters. The molecule has 2 heterocycles. The number of benzene rings is 3. The standard InChI is InChI=1S/C29H22N2/c1-21-26(28-19-24(15-17-30-28)22-9-4-2-5-10-22)13-8-14-27(21)29-20-25(16-18-31-29)23-11-6-3-7-12-23/h2-20H,1H3. The van der Waals surface area contributed by atoms with Crippen molar-refractivity contribution in [2.24, 2.45) is 0 Å². The molecule has 5 aromatic rings. The second-order valence-corrected chi connectivity index (χ2v) is 7.57. The summed E-state index contributed by atoms with van der Waals surface area (Å²) in [5.41, 5.74) is 10.1. The Labute approximate surface area is 182 Å². The first-order valence-corrected chi connectivity index (χ1v) is 10.4. The molecule has 5 rings (SSSR count). The van der Waals surface area contributed by atoms with Gasteiger partial charge in [0.15, 0.2) is 0 Å². The van der Waals surface area contributed by atoms with Gasteiger partial charge in [-0.15, -0.1) is 0 Å². The molecule has 3 aromatic carbocycles. The fraction of sp³-hybridized carbons (Fsp3) is 0.0345. The summed E-state index contributed by atoms with van der Waals surface area (Å²) < 4.78 is 0. The number of aromatic nitrogens is 2. The Hall–Kier alpha value is -4.04. The summed E-state index contributed by atoms with van der Waals surface area (Å²) in [6.07, 6.45) is 3.77. The topological polar surface area (TPSA) is 25.8 Å². The summed E-state index contributed by atoms with van der Waals surface area (Å²) in [4.78, 5) is 9.35. The minimum absolute atomic E-state index is 0.972. The Balaban J connectivity index is 1.57. The number of rotatable bonds is 4. The smallest absolute Gasteiger partial charge is 0.0711 e. The molecule has 0 aliphatic carbocycles. The van der Waals surface area contributed by atoms with Crippen LogP contribution in [0.5, 0.6) is 0 Å². The Morgan fingerprint density at radius 2 is 0.903 bits per heavy atom. The lowest BCUT2D eigenvalue weighted by atomic mass is 9.95. The highest BCUT2D eigenvalue weighted by atomic mass is 14.7. The molecule has 0 unspecified atom stereocenters. The second-order valence-electron chi connectivity index (χ2n) is 7.57. The van der Waals surface area contributed by atoms with Crippen molar-refractivity contribution >= 4 is 0 Å². The summed E-state index contributed by atoms with van der Waals surface area (Å²) in [6.45, 7) is 2.15. The zero-order valence-electron chi connectivity index (χ0n) is 17.4. The van der Waals surface area contributed by atoms with Crippen molar-refractivity contribution < 1.29 is 0 Å². The van der Waals surface area contributed by atoms with Crippen LogP contribution in [0, 0.1) is 6.92 Å². The van der Waals surface area contributed by atoms with E-state index >= 15 is 0 Å². The third-order valence-corrected chi connectivity index (χ3v) is 5.62. The predicted molar refractivity (Wildman–Crippen MR) is 129 cm³/mol. The number of hydrogen-bond donors (Lipinski definition) is 0. The van der Waals surface area contributed by atoms with Gasteiger partial charge in [0.25, 0.3) is 0 Å². The summed E-state index contributed by atoms with van der Waals surface area (Å²) >= 11 is 0. The van der Waals surface area contributed by atoms with Crippen LogP contribution >= 0.6 is 0 Å². The van der Waals surface area contributed by atoms with Gasteiger partial charge >= 0.3 is 0 Å². The van der Waals surface area contributed by atoms with Crippen LogP contribution < -0.4 is 0 Å². The monoisotopic (exact) mass is 398 g/mol. The van der Waals surface area contributed by atoms with Crippen LogP contribution in [0.3, 0.4) is 0 Å². The Bertz CT molecular complexity index is 1220.